The van der Waals surface area contributed by atoms with Gasteiger partial charge in [-0.3, -0.25) is 9.59 Å². The van der Waals surface area contributed by atoms with Crippen molar-refractivity contribution in [2.24, 2.45) is 11.0 Å². The van der Waals surface area contributed by atoms with Gasteiger partial charge in [-0.25, -0.2) is 13.8 Å². The van der Waals surface area contributed by atoms with Crippen LogP contribution in [0.15, 0.2) is 53.6 Å². The number of thioether (sulfide) groups is 1. The summed E-state index contributed by atoms with van der Waals surface area (Å²) in [5, 5.41) is 8.90. The first-order valence-electron chi connectivity index (χ1n) is 11.1. The maximum Gasteiger partial charge on any atom is 0.273 e. The smallest absolute Gasteiger partial charge is 0.273 e. The van der Waals surface area contributed by atoms with E-state index in [-0.39, 0.29) is 22.4 Å². The first-order valence-corrected chi connectivity index (χ1v) is 11.9. The Hall–Kier alpha value is -2.78. The summed E-state index contributed by atoms with van der Waals surface area (Å²) in [7, 11) is 1.42. The molecule has 1 N–H and O–H groups in total. The van der Waals surface area contributed by atoms with Crippen molar-refractivity contribution in [2.75, 3.05) is 13.7 Å². The molecule has 1 unspecified atom stereocenters. The zero-order valence-electron chi connectivity index (χ0n) is 19.7. The van der Waals surface area contributed by atoms with Crippen LogP contribution in [-0.2, 0) is 19.2 Å². The highest BCUT2D eigenvalue weighted by atomic mass is 32.2. The van der Waals surface area contributed by atoms with Gasteiger partial charge in [0.15, 0.2) is 0 Å². The molecule has 0 fully saturated rings. The largest absolute Gasteiger partial charge is 0.372 e. The maximum atomic E-state index is 14.7. The molecule has 0 saturated heterocycles. The number of hydrazone groups is 1. The lowest BCUT2D eigenvalue weighted by atomic mass is 9.99. The molecular weight excluding hydrogens is 460 g/mol. The lowest BCUT2D eigenvalue weighted by Gasteiger charge is -2.37. The Kier molecular flexibility index (Phi) is 8.43. The fourth-order valence-corrected chi connectivity index (χ4v) is 5.02. The van der Waals surface area contributed by atoms with E-state index in [1.165, 1.54) is 23.9 Å². The van der Waals surface area contributed by atoms with Gasteiger partial charge in [-0.15, -0.1) is 0 Å². The lowest BCUT2D eigenvalue weighted by Crippen LogP contribution is -2.46. The summed E-state index contributed by atoms with van der Waals surface area (Å²) in [6.07, 6.45) is 0.135. The highest BCUT2D eigenvalue weighted by Crippen LogP contribution is 2.50. The number of methoxy groups -OCH3 is 1. The molecule has 1 heterocycles. The molecule has 0 aliphatic carbocycles. The Morgan fingerprint density at radius 2 is 1.85 bits per heavy atom. The molecule has 0 radical (unpaired) electrons. The Labute approximate surface area is 202 Å². The van der Waals surface area contributed by atoms with Gasteiger partial charge in [0.2, 0.25) is 5.91 Å². The van der Waals surface area contributed by atoms with Crippen LogP contribution >= 0.6 is 11.8 Å². The molecule has 182 valence electrons. The predicted molar refractivity (Wildman–Crippen MR) is 129 cm³/mol. The van der Waals surface area contributed by atoms with E-state index in [9.17, 15) is 18.4 Å². The maximum absolute atomic E-state index is 14.7. The van der Waals surface area contributed by atoms with Gasteiger partial charge in [-0.2, -0.15) is 5.10 Å². The molecule has 2 amide bonds. The summed E-state index contributed by atoms with van der Waals surface area (Å²) >= 11 is 1.20. The van der Waals surface area contributed by atoms with Crippen molar-refractivity contribution in [1.29, 1.82) is 0 Å². The fourth-order valence-electron chi connectivity index (χ4n) is 3.59. The number of rotatable bonds is 9. The minimum Gasteiger partial charge on any atom is -0.372 e. The summed E-state index contributed by atoms with van der Waals surface area (Å²) in [6.45, 7) is 5.64. The molecule has 1 aliphatic rings. The summed E-state index contributed by atoms with van der Waals surface area (Å²) in [5.74, 6) is -1.84. The Bertz CT molecular complexity index is 1060. The van der Waals surface area contributed by atoms with Crippen LogP contribution in [0.25, 0.3) is 0 Å². The molecule has 2 atom stereocenters. The van der Waals surface area contributed by atoms with Gasteiger partial charge in [0.05, 0.1) is 0 Å². The molecule has 0 aromatic heterocycles. The third-order valence-electron chi connectivity index (χ3n) is 5.61. The van der Waals surface area contributed by atoms with Crippen LogP contribution in [0, 0.1) is 17.6 Å². The van der Waals surface area contributed by atoms with E-state index in [4.69, 9.17) is 4.74 Å². The van der Waals surface area contributed by atoms with Crippen LogP contribution in [0.1, 0.15) is 44.7 Å². The second kappa shape index (κ2) is 11.1. The molecule has 0 saturated carbocycles. The van der Waals surface area contributed by atoms with E-state index in [2.05, 4.69) is 10.4 Å². The first kappa shape index (κ1) is 25.8. The topological polar surface area (TPSA) is 71.0 Å². The van der Waals surface area contributed by atoms with Gasteiger partial charge in [-0.05, 0) is 43.5 Å². The van der Waals surface area contributed by atoms with Gasteiger partial charge in [0.25, 0.3) is 5.91 Å². The van der Waals surface area contributed by atoms with Gasteiger partial charge >= 0.3 is 0 Å². The summed E-state index contributed by atoms with van der Waals surface area (Å²) in [6, 6.07) is 12.5. The second-order valence-electron chi connectivity index (χ2n) is 8.36. The number of ether oxygens (including phenoxy) is 1. The molecule has 9 heteroatoms. The van der Waals surface area contributed by atoms with Crippen LogP contribution in [0.2, 0.25) is 0 Å². The molecule has 6 nitrogen and oxygen atoms in total. The van der Waals surface area contributed by atoms with Gasteiger partial charge in [0.1, 0.15) is 27.7 Å². The minimum atomic E-state index is -1.03. The number of hydrogen-bond acceptors (Lipinski definition) is 5. The SMILES string of the molecule is CO[C@@H](C)C(=O)N1N=C(c2cc(F)ccc2F)SC1(CCCNC(=O)C(C)C)c1ccccc1. The van der Waals surface area contributed by atoms with Crippen LogP contribution in [0.5, 0.6) is 0 Å². The fraction of sp³-hybridized carbons (Fsp3) is 0.400. The molecule has 34 heavy (non-hydrogen) atoms. The lowest BCUT2D eigenvalue weighted by molar-refractivity contribution is -0.144. The average molecular weight is 490 g/mol. The molecule has 2 aromatic carbocycles. The third-order valence-corrected chi connectivity index (χ3v) is 7.05. The second-order valence-corrected chi connectivity index (χ2v) is 9.63. The highest BCUT2D eigenvalue weighted by Gasteiger charge is 2.49. The van der Waals surface area contributed by atoms with E-state index in [1.807, 2.05) is 44.2 Å². The highest BCUT2D eigenvalue weighted by molar-refractivity contribution is 8.15. The number of nitrogens with zero attached hydrogens (tertiary/aromatic N) is 2. The number of carbonyl (C=O) groups excluding carboxylic acids is 2. The van der Waals surface area contributed by atoms with Crippen LogP contribution < -0.4 is 5.32 Å². The summed E-state index contributed by atoms with van der Waals surface area (Å²) in [5.41, 5.74) is 0.765. The van der Waals surface area contributed by atoms with Crippen LogP contribution in [0.4, 0.5) is 8.78 Å². The van der Waals surface area contributed by atoms with Gasteiger partial charge in [-0.1, -0.05) is 55.9 Å². The standard InChI is InChI=1S/C25H29F2N3O3S/c1-16(2)22(31)28-14-8-13-25(18-9-6-5-7-10-18)30(24(32)17(3)33-4)29-23(34-25)20-15-19(26)11-12-21(20)27/h5-7,9-12,15-17H,8,13-14H2,1-4H3,(H,28,31)/t17-,25?/m0/s1. The van der Waals surface area contributed by atoms with Crippen molar-refractivity contribution in [3.8, 4) is 0 Å². The van der Waals surface area contributed by atoms with E-state index in [1.54, 1.807) is 6.92 Å². The van der Waals surface area contributed by atoms with Crippen molar-refractivity contribution in [1.82, 2.24) is 10.3 Å². The van der Waals surface area contributed by atoms with Crippen molar-refractivity contribution in [2.45, 2.75) is 44.6 Å². The molecular formula is C25H29F2N3O3S. The van der Waals surface area contributed by atoms with Crippen molar-refractivity contribution in [3.63, 3.8) is 0 Å². The number of halogens is 2. The Morgan fingerprint density at radius 1 is 1.15 bits per heavy atom. The Balaban J connectivity index is 2.03. The normalized spacial score (nSPS) is 18.7. The molecule has 3 rings (SSSR count). The van der Waals surface area contributed by atoms with Crippen LogP contribution in [0.3, 0.4) is 0 Å². The predicted octanol–water partition coefficient (Wildman–Crippen LogP) is 4.64. The van der Waals surface area contributed by atoms with Crippen molar-refractivity contribution < 1.29 is 23.1 Å². The average Bonchev–Trinajstić information content (AvgIpc) is 3.23. The van der Waals surface area contributed by atoms with E-state index in [0.29, 0.717) is 19.4 Å². The third kappa shape index (κ3) is 5.47. The monoisotopic (exact) mass is 489 g/mol. The molecule has 2 aromatic rings. The molecule has 0 spiro atoms. The summed E-state index contributed by atoms with van der Waals surface area (Å²) in [4.78, 5) is 24.3. The number of nitrogens with one attached hydrogen (secondary N) is 1. The number of hydrogen-bond donors (Lipinski definition) is 1. The van der Waals surface area contributed by atoms with E-state index < -0.39 is 28.5 Å². The first-order chi connectivity index (χ1) is 16.2. The van der Waals surface area contributed by atoms with E-state index >= 15 is 0 Å². The minimum absolute atomic E-state index is 0.0150. The number of amides is 2. The zero-order chi connectivity index (χ0) is 24.9. The van der Waals surface area contributed by atoms with Crippen molar-refractivity contribution in [3.05, 3.63) is 71.3 Å². The quantitative estimate of drug-likeness (QED) is 0.521. The van der Waals surface area contributed by atoms with Gasteiger partial charge in [0, 0.05) is 25.1 Å². The number of carbonyl (C=O) groups is 2. The number of benzene rings is 2. The van der Waals surface area contributed by atoms with E-state index in [0.717, 1.165) is 23.8 Å². The van der Waals surface area contributed by atoms with Crippen molar-refractivity contribution >= 4 is 28.6 Å². The van der Waals surface area contributed by atoms with Gasteiger partial charge < -0.3 is 10.1 Å². The molecule has 0 bridgehead atoms. The zero-order valence-corrected chi connectivity index (χ0v) is 20.5. The molecule has 1 aliphatic heterocycles. The summed E-state index contributed by atoms with van der Waals surface area (Å²) < 4.78 is 33.9. The Morgan fingerprint density at radius 3 is 2.50 bits per heavy atom. The van der Waals surface area contributed by atoms with Crippen LogP contribution in [-0.4, -0.2) is 41.6 Å².